The number of hydrogen-bond donors (Lipinski definition) is 2. The number of anilines is 5. The highest BCUT2D eigenvalue weighted by Gasteiger charge is 2.27. The Bertz CT molecular complexity index is 2050. The number of benzene rings is 4. The van der Waals surface area contributed by atoms with Crippen LogP contribution in [0.5, 0.6) is 11.5 Å². The summed E-state index contributed by atoms with van der Waals surface area (Å²) in [5.74, 6) is 8.51. The topological polar surface area (TPSA) is 95.1 Å². The number of carbonyl (C=O) groups excluding carboxylic acids is 1. The van der Waals surface area contributed by atoms with Crippen molar-refractivity contribution in [1.29, 1.82) is 0 Å². The number of aldehydes is 1. The van der Waals surface area contributed by atoms with Gasteiger partial charge in [-0.2, -0.15) is 4.98 Å². The van der Waals surface area contributed by atoms with Crippen molar-refractivity contribution >= 4 is 35.1 Å². The number of rotatable bonds is 11. The highest BCUT2D eigenvalue weighted by atomic mass is 16.5. The first-order chi connectivity index (χ1) is 26.1. The summed E-state index contributed by atoms with van der Waals surface area (Å²) < 4.78 is 12.0. The Balaban J connectivity index is 1.10. The van der Waals surface area contributed by atoms with Crippen LogP contribution in [0.1, 0.15) is 39.9 Å². The van der Waals surface area contributed by atoms with Crippen LogP contribution in [0.25, 0.3) is 0 Å². The molecule has 0 spiro atoms. The lowest BCUT2D eigenvalue weighted by molar-refractivity contribution is 0.0982. The van der Waals surface area contributed by atoms with Gasteiger partial charge in [-0.1, -0.05) is 66.4 Å². The number of piperidine rings is 1. The molecule has 10 nitrogen and oxygen atoms in total. The second-order valence-corrected chi connectivity index (χ2v) is 13.4. The van der Waals surface area contributed by atoms with E-state index in [1.54, 1.807) is 25.4 Å². The van der Waals surface area contributed by atoms with Gasteiger partial charge in [0, 0.05) is 62.8 Å². The van der Waals surface area contributed by atoms with E-state index in [-0.39, 0.29) is 0 Å². The van der Waals surface area contributed by atoms with Crippen LogP contribution in [0, 0.1) is 11.8 Å². The minimum Gasteiger partial charge on any atom is -0.494 e. The van der Waals surface area contributed by atoms with Crippen LogP contribution in [0.3, 0.4) is 0 Å². The van der Waals surface area contributed by atoms with Gasteiger partial charge in [0.25, 0.3) is 0 Å². The van der Waals surface area contributed by atoms with E-state index < -0.39 is 0 Å². The van der Waals surface area contributed by atoms with Gasteiger partial charge in [0.1, 0.15) is 18.1 Å². The van der Waals surface area contributed by atoms with Crippen LogP contribution in [0.2, 0.25) is 0 Å². The molecule has 2 aliphatic heterocycles. The predicted molar refractivity (Wildman–Crippen MR) is 211 cm³/mol. The van der Waals surface area contributed by atoms with Crippen molar-refractivity contribution in [2.24, 2.45) is 0 Å². The number of hydrogen-bond acceptors (Lipinski definition) is 10. The molecule has 0 bridgehead atoms. The Labute approximate surface area is 311 Å². The van der Waals surface area contributed by atoms with Crippen LogP contribution in [-0.4, -0.2) is 85.5 Å². The zero-order valence-electron chi connectivity index (χ0n) is 30.3. The summed E-state index contributed by atoms with van der Waals surface area (Å²) in [5, 5.41) is 6.77. The van der Waals surface area contributed by atoms with Crippen LogP contribution < -0.4 is 25.0 Å². The minimum atomic E-state index is 0.310. The third-order valence-electron chi connectivity index (χ3n) is 9.87. The van der Waals surface area contributed by atoms with E-state index >= 15 is 0 Å². The summed E-state index contributed by atoms with van der Waals surface area (Å²) in [5.41, 5.74) is 5.35. The molecule has 4 aromatic carbocycles. The summed E-state index contributed by atoms with van der Waals surface area (Å²) in [4.78, 5) is 29.0. The first kappa shape index (κ1) is 35.5. The molecule has 0 unspecified atom stereocenters. The summed E-state index contributed by atoms with van der Waals surface area (Å²) >= 11 is 0. The maximum Gasteiger partial charge on any atom is 0.229 e. The molecule has 7 rings (SSSR count). The van der Waals surface area contributed by atoms with Crippen molar-refractivity contribution in [2.45, 2.75) is 25.5 Å². The molecule has 2 fully saturated rings. The fourth-order valence-corrected chi connectivity index (χ4v) is 6.84. The molecule has 10 heteroatoms. The predicted octanol–water partition coefficient (Wildman–Crippen LogP) is 6.98. The lowest BCUT2D eigenvalue weighted by atomic mass is 10.0. The number of aromatic nitrogens is 2. The van der Waals surface area contributed by atoms with Gasteiger partial charge in [-0.05, 0) is 61.9 Å². The molecule has 0 radical (unpaired) electrons. The zero-order valence-corrected chi connectivity index (χ0v) is 30.3. The number of ether oxygens (including phenoxy) is 2. The van der Waals surface area contributed by atoms with E-state index in [1.165, 1.54) is 0 Å². The summed E-state index contributed by atoms with van der Waals surface area (Å²) in [6, 6.07) is 31.9. The van der Waals surface area contributed by atoms with Gasteiger partial charge in [0.15, 0.2) is 12.1 Å². The third-order valence-corrected chi connectivity index (χ3v) is 9.87. The van der Waals surface area contributed by atoms with Crippen molar-refractivity contribution in [3.8, 4) is 23.3 Å². The molecular formula is C43H45N7O3. The first-order valence-electron chi connectivity index (χ1n) is 18.1. The molecule has 5 aromatic rings. The lowest BCUT2D eigenvalue weighted by Gasteiger charge is -2.42. The van der Waals surface area contributed by atoms with E-state index in [2.05, 4.69) is 61.3 Å². The van der Waals surface area contributed by atoms with Crippen molar-refractivity contribution in [1.82, 2.24) is 19.8 Å². The molecule has 0 atom stereocenters. The van der Waals surface area contributed by atoms with Gasteiger partial charge in [0.2, 0.25) is 5.95 Å². The monoisotopic (exact) mass is 707 g/mol. The van der Waals surface area contributed by atoms with Gasteiger partial charge in [-0.25, -0.2) is 4.98 Å². The Morgan fingerprint density at radius 2 is 1.57 bits per heavy atom. The van der Waals surface area contributed by atoms with E-state index in [1.807, 2.05) is 72.8 Å². The van der Waals surface area contributed by atoms with Crippen molar-refractivity contribution in [3.63, 3.8) is 0 Å². The molecule has 53 heavy (non-hydrogen) atoms. The average molecular weight is 708 g/mol. The summed E-state index contributed by atoms with van der Waals surface area (Å²) in [7, 11) is 3.89. The number of methoxy groups -OCH3 is 1. The second-order valence-electron chi connectivity index (χ2n) is 13.4. The molecule has 270 valence electrons. The Kier molecular flexibility index (Phi) is 11.4. The van der Waals surface area contributed by atoms with Crippen LogP contribution >= 0.6 is 0 Å². The van der Waals surface area contributed by atoms with Crippen molar-refractivity contribution < 1.29 is 14.3 Å². The fourth-order valence-electron chi connectivity index (χ4n) is 6.84. The Hall–Kier alpha value is -5.89. The number of para-hydroxylation sites is 2. The standard InChI is InChI=1S/C43H45N7O3/c1-48-24-26-50(27-25-48)37-20-22-49(23-21-37)38-18-19-39(40(28-38)52-2)46-43-44-29-34(42(47-43)45-36-14-7-4-8-15-36)17-16-33-12-9-13-35(30-51)41(33)53-31-32-10-5-3-6-11-32/h3-15,18-19,28-30,37H,20-27,31H2,1-2H3,(H2,44,45,46,47). The van der Waals surface area contributed by atoms with E-state index in [9.17, 15) is 4.79 Å². The van der Waals surface area contributed by atoms with E-state index in [0.717, 1.165) is 81.0 Å². The van der Waals surface area contributed by atoms with Crippen LogP contribution in [0.15, 0.2) is 103 Å². The fraction of sp³-hybridized carbons (Fsp3) is 0.279. The maximum absolute atomic E-state index is 12.0. The SMILES string of the molecule is COc1cc(N2CCC(N3CCN(C)CC3)CC2)ccc1Nc1ncc(C#Cc2cccc(C=O)c2OCc2ccccc2)c(Nc2ccccc2)n1. The van der Waals surface area contributed by atoms with Gasteiger partial charge in [-0.3, -0.25) is 9.69 Å². The molecule has 1 aromatic heterocycles. The summed E-state index contributed by atoms with van der Waals surface area (Å²) in [6.07, 6.45) is 4.80. The minimum absolute atomic E-state index is 0.310. The molecule has 0 amide bonds. The van der Waals surface area contributed by atoms with Gasteiger partial charge in [-0.15, -0.1) is 0 Å². The average Bonchev–Trinajstić information content (AvgIpc) is 3.21. The Morgan fingerprint density at radius 3 is 2.30 bits per heavy atom. The highest BCUT2D eigenvalue weighted by Crippen LogP contribution is 2.34. The molecule has 2 N–H and O–H groups in total. The van der Waals surface area contributed by atoms with Gasteiger partial charge >= 0.3 is 0 Å². The molecule has 0 aliphatic carbocycles. The number of carbonyl (C=O) groups is 1. The molecule has 2 saturated heterocycles. The number of piperazine rings is 1. The van der Waals surface area contributed by atoms with E-state index in [4.69, 9.17) is 14.5 Å². The van der Waals surface area contributed by atoms with Gasteiger partial charge in [0.05, 0.1) is 35.7 Å². The lowest BCUT2D eigenvalue weighted by Crippen LogP contribution is -2.52. The van der Waals surface area contributed by atoms with Crippen molar-refractivity contribution in [3.05, 3.63) is 126 Å². The maximum atomic E-state index is 12.0. The smallest absolute Gasteiger partial charge is 0.229 e. The van der Waals surface area contributed by atoms with Crippen LogP contribution in [-0.2, 0) is 6.61 Å². The number of nitrogens with one attached hydrogen (secondary N) is 2. The van der Waals surface area contributed by atoms with E-state index in [0.29, 0.717) is 52.6 Å². The van der Waals surface area contributed by atoms with Crippen molar-refractivity contribution in [2.75, 3.05) is 69.0 Å². The van der Waals surface area contributed by atoms with Crippen LogP contribution in [0.4, 0.5) is 28.8 Å². The molecule has 3 heterocycles. The quantitative estimate of drug-likeness (QED) is 0.111. The number of likely N-dealkylation sites (N-methyl/N-ethyl adjacent to an activating group) is 1. The highest BCUT2D eigenvalue weighted by molar-refractivity contribution is 5.81. The summed E-state index contributed by atoms with van der Waals surface area (Å²) in [6.45, 7) is 6.98. The first-order valence-corrected chi connectivity index (χ1v) is 18.1. The van der Waals surface area contributed by atoms with Gasteiger partial charge < -0.3 is 29.9 Å². The second kappa shape index (κ2) is 17.1. The Morgan fingerprint density at radius 1 is 0.830 bits per heavy atom. The third kappa shape index (κ3) is 8.95. The number of nitrogens with zero attached hydrogens (tertiary/aromatic N) is 5. The zero-order chi connectivity index (χ0) is 36.4. The largest absolute Gasteiger partial charge is 0.494 e. The normalized spacial score (nSPS) is 15.2. The molecular weight excluding hydrogens is 663 g/mol. The molecule has 2 aliphatic rings. The molecule has 0 saturated carbocycles.